The van der Waals surface area contributed by atoms with Crippen LogP contribution in [-0.4, -0.2) is 21.6 Å². The number of carbonyl (C=O) groups is 1. The number of aromatic nitrogens is 1. The van der Waals surface area contributed by atoms with Crippen molar-refractivity contribution in [1.29, 1.82) is 0 Å². The van der Waals surface area contributed by atoms with Crippen LogP contribution in [-0.2, 0) is 4.74 Å². The molecule has 2 rings (SSSR count). The molecule has 100 valence electrons. The smallest absolute Gasteiger partial charge is 0.434 e. The quantitative estimate of drug-likeness (QED) is 0.741. The van der Waals surface area contributed by atoms with Crippen molar-refractivity contribution < 1.29 is 14.7 Å². The highest BCUT2D eigenvalue weighted by Gasteiger charge is 2.16. The van der Waals surface area contributed by atoms with Gasteiger partial charge in [0.2, 0.25) is 0 Å². The van der Waals surface area contributed by atoms with Crippen LogP contribution in [0.4, 0.5) is 4.79 Å². The maximum atomic E-state index is 11.7. The predicted molar refractivity (Wildman–Crippen MR) is 70.0 cm³/mol. The van der Waals surface area contributed by atoms with Crippen molar-refractivity contribution in [3.8, 4) is 11.3 Å². The minimum absolute atomic E-state index is 0.468. The van der Waals surface area contributed by atoms with Gasteiger partial charge >= 0.3 is 6.09 Å². The Morgan fingerprint density at radius 2 is 2.00 bits per heavy atom. The minimum atomic E-state index is -0.645. The maximum Gasteiger partial charge on any atom is 0.434 e. The predicted octanol–water partition coefficient (Wildman–Crippen LogP) is 2.67. The molecule has 0 bridgehead atoms. The van der Waals surface area contributed by atoms with Gasteiger partial charge in [0.1, 0.15) is 5.60 Å². The fraction of sp³-hybridized carbons (Fsp3) is 0.286. The molecule has 0 fully saturated rings. The summed E-state index contributed by atoms with van der Waals surface area (Å²) in [5.41, 5.74) is 0.674. The number of pyridine rings is 1. The molecule has 0 spiro atoms. The van der Waals surface area contributed by atoms with E-state index in [1.54, 1.807) is 51.1 Å². The van der Waals surface area contributed by atoms with Gasteiger partial charge in [0.15, 0.2) is 0 Å². The standard InChI is InChI=1S/C14H16N2O3/c1-14(2,3)19-13(17)15-11-7-4-8-12-10(11)6-5-9-16(12)18/h4-9,18H,1-3H3. The number of carbonyl (C=O) groups excluding carboxylic acids is 1. The zero-order chi connectivity index (χ0) is 14.0. The van der Waals surface area contributed by atoms with Gasteiger partial charge in [0.25, 0.3) is 0 Å². The molecule has 0 atom stereocenters. The minimum Gasteiger partial charge on any atom is -0.442 e. The van der Waals surface area contributed by atoms with E-state index in [4.69, 9.17) is 4.74 Å². The first kappa shape index (κ1) is 13.1. The summed E-state index contributed by atoms with van der Waals surface area (Å²) >= 11 is 0. The number of ether oxygens (including phenoxy) is 1. The van der Waals surface area contributed by atoms with E-state index in [1.165, 1.54) is 6.20 Å². The first-order valence-electron chi connectivity index (χ1n) is 5.94. The molecule has 0 saturated carbocycles. The van der Waals surface area contributed by atoms with Crippen molar-refractivity contribution in [3.05, 3.63) is 41.9 Å². The SMILES string of the molecule is CC(C)(C)OC(=O)N=c1cccc2n(O)cccc1-2. The van der Waals surface area contributed by atoms with Gasteiger partial charge in [-0.05, 0) is 45.0 Å². The van der Waals surface area contributed by atoms with Crippen LogP contribution in [0.15, 0.2) is 41.5 Å². The Hall–Kier alpha value is -2.30. The largest absolute Gasteiger partial charge is 0.442 e. The molecule has 2 aliphatic rings. The summed E-state index contributed by atoms with van der Waals surface area (Å²) in [4.78, 5) is 15.6. The lowest BCUT2D eigenvalue weighted by atomic mass is 10.1. The Morgan fingerprint density at radius 3 is 2.68 bits per heavy atom. The van der Waals surface area contributed by atoms with E-state index in [9.17, 15) is 10.0 Å². The molecule has 1 N–H and O–H groups in total. The average molecular weight is 260 g/mol. The van der Waals surface area contributed by atoms with Crippen LogP contribution in [0, 0.1) is 0 Å². The molecule has 0 aromatic carbocycles. The topological polar surface area (TPSA) is 63.8 Å². The highest BCUT2D eigenvalue weighted by Crippen LogP contribution is 2.15. The van der Waals surface area contributed by atoms with E-state index in [0.29, 0.717) is 16.6 Å². The van der Waals surface area contributed by atoms with E-state index >= 15 is 0 Å². The third-order valence-electron chi connectivity index (χ3n) is 2.40. The summed E-state index contributed by atoms with van der Waals surface area (Å²) in [5, 5.41) is 10.1. The molecule has 5 nitrogen and oxygen atoms in total. The van der Waals surface area contributed by atoms with Gasteiger partial charge in [-0.25, -0.2) is 4.79 Å². The number of hydrogen-bond donors (Lipinski definition) is 1. The summed E-state index contributed by atoms with van der Waals surface area (Å²) in [6.07, 6.45) is 0.868. The van der Waals surface area contributed by atoms with Crippen LogP contribution >= 0.6 is 0 Å². The number of nitrogens with zero attached hydrogens (tertiary/aromatic N) is 2. The van der Waals surface area contributed by atoms with E-state index in [-0.39, 0.29) is 0 Å². The molecule has 1 aliphatic heterocycles. The molecule has 5 heteroatoms. The fourth-order valence-corrected chi connectivity index (χ4v) is 1.69. The van der Waals surface area contributed by atoms with E-state index in [2.05, 4.69) is 4.99 Å². The third-order valence-corrected chi connectivity index (χ3v) is 2.40. The van der Waals surface area contributed by atoms with E-state index in [0.717, 1.165) is 4.73 Å². The molecule has 0 radical (unpaired) electrons. The van der Waals surface area contributed by atoms with Gasteiger partial charge in [0, 0.05) is 11.8 Å². The lowest BCUT2D eigenvalue weighted by Gasteiger charge is -2.17. The highest BCUT2D eigenvalue weighted by molar-refractivity contribution is 5.70. The Balaban J connectivity index is 2.46. The normalized spacial score (nSPS) is 12.7. The van der Waals surface area contributed by atoms with Crippen LogP contribution in [0.2, 0.25) is 0 Å². The van der Waals surface area contributed by atoms with Gasteiger partial charge in [-0.15, -0.1) is 0 Å². The second-order valence-electron chi connectivity index (χ2n) is 5.15. The molecule has 0 unspecified atom stereocenters. The Kier molecular flexibility index (Phi) is 3.29. The summed E-state index contributed by atoms with van der Waals surface area (Å²) in [7, 11) is 0. The molecule has 1 amide bonds. The molecule has 0 aromatic heterocycles. The van der Waals surface area contributed by atoms with Crippen molar-refractivity contribution in [2.45, 2.75) is 26.4 Å². The zero-order valence-electron chi connectivity index (χ0n) is 11.1. The van der Waals surface area contributed by atoms with Crippen molar-refractivity contribution in [3.63, 3.8) is 0 Å². The molecule has 1 aliphatic carbocycles. The average Bonchev–Trinajstić information content (AvgIpc) is 2.28. The Bertz CT molecular complexity index is 638. The van der Waals surface area contributed by atoms with Gasteiger partial charge in [-0.2, -0.15) is 9.72 Å². The number of fused-ring (bicyclic) bond motifs is 1. The van der Waals surface area contributed by atoms with Crippen molar-refractivity contribution in [1.82, 2.24) is 4.73 Å². The van der Waals surface area contributed by atoms with Crippen molar-refractivity contribution >= 4 is 6.09 Å². The molecular weight excluding hydrogens is 244 g/mol. The lowest BCUT2D eigenvalue weighted by molar-refractivity contribution is 0.0597. The van der Waals surface area contributed by atoms with E-state index in [1.807, 2.05) is 0 Å². The number of rotatable bonds is 0. The van der Waals surface area contributed by atoms with Gasteiger partial charge < -0.3 is 9.94 Å². The van der Waals surface area contributed by atoms with Crippen LogP contribution < -0.4 is 5.36 Å². The summed E-state index contributed by atoms with van der Waals surface area (Å²) in [6.45, 7) is 5.35. The summed E-state index contributed by atoms with van der Waals surface area (Å²) in [6, 6.07) is 8.62. The van der Waals surface area contributed by atoms with Crippen LogP contribution in [0.25, 0.3) is 11.3 Å². The van der Waals surface area contributed by atoms with Gasteiger partial charge in [-0.1, -0.05) is 6.07 Å². The monoisotopic (exact) mass is 260 g/mol. The summed E-state index contributed by atoms with van der Waals surface area (Å²) < 4.78 is 6.14. The van der Waals surface area contributed by atoms with Gasteiger partial charge in [-0.3, -0.25) is 0 Å². The van der Waals surface area contributed by atoms with Crippen LogP contribution in [0.5, 0.6) is 0 Å². The Labute approximate surface area is 111 Å². The zero-order valence-corrected chi connectivity index (χ0v) is 11.1. The third kappa shape index (κ3) is 3.13. The van der Waals surface area contributed by atoms with Crippen LogP contribution in [0.3, 0.4) is 0 Å². The first-order valence-corrected chi connectivity index (χ1v) is 5.94. The second-order valence-corrected chi connectivity index (χ2v) is 5.15. The number of benzene rings is 1. The second kappa shape index (κ2) is 4.76. The molecule has 0 saturated heterocycles. The first-order chi connectivity index (χ1) is 8.87. The van der Waals surface area contributed by atoms with Crippen LogP contribution in [0.1, 0.15) is 20.8 Å². The summed E-state index contributed by atoms with van der Waals surface area (Å²) in [5.74, 6) is 0. The lowest BCUT2D eigenvalue weighted by Crippen LogP contribution is -2.23. The molecule has 1 heterocycles. The van der Waals surface area contributed by atoms with Crippen molar-refractivity contribution in [2.75, 3.05) is 0 Å². The Morgan fingerprint density at radius 1 is 1.26 bits per heavy atom. The van der Waals surface area contributed by atoms with E-state index < -0.39 is 11.7 Å². The maximum absolute atomic E-state index is 11.7. The molecule has 0 aromatic rings. The van der Waals surface area contributed by atoms with Gasteiger partial charge in [0.05, 0.1) is 11.1 Å². The van der Waals surface area contributed by atoms with Crippen molar-refractivity contribution in [2.24, 2.45) is 4.99 Å². The molecule has 19 heavy (non-hydrogen) atoms. The molecular formula is C14H16N2O3. The fourth-order valence-electron chi connectivity index (χ4n) is 1.69. The highest BCUT2D eigenvalue weighted by atomic mass is 16.6. The number of hydrogen-bond acceptors (Lipinski definition) is 3. The number of amides is 1.